The van der Waals surface area contributed by atoms with Crippen molar-refractivity contribution in [2.75, 3.05) is 37.6 Å². The SMILES string of the molecule is Cc1cccc(N2CCN(C(=O)CNS(=O)(=O)c3ccccc3)CC2)c1. The highest BCUT2D eigenvalue weighted by molar-refractivity contribution is 7.89. The molecule has 7 heteroatoms. The zero-order chi connectivity index (χ0) is 18.6. The molecule has 0 aliphatic carbocycles. The van der Waals surface area contributed by atoms with Crippen molar-refractivity contribution in [3.63, 3.8) is 0 Å². The van der Waals surface area contributed by atoms with Crippen LogP contribution >= 0.6 is 0 Å². The number of hydrogen-bond acceptors (Lipinski definition) is 4. The first kappa shape index (κ1) is 18.4. The highest BCUT2D eigenvalue weighted by atomic mass is 32.2. The molecule has 1 saturated heterocycles. The second-order valence-electron chi connectivity index (χ2n) is 6.34. The van der Waals surface area contributed by atoms with Crippen LogP contribution < -0.4 is 9.62 Å². The van der Waals surface area contributed by atoms with E-state index in [1.807, 2.05) is 6.07 Å². The molecule has 1 fully saturated rings. The second kappa shape index (κ2) is 7.88. The topological polar surface area (TPSA) is 69.7 Å². The Morgan fingerprint density at radius 1 is 1.00 bits per heavy atom. The van der Waals surface area contributed by atoms with E-state index in [9.17, 15) is 13.2 Å². The maximum absolute atomic E-state index is 12.4. The van der Waals surface area contributed by atoms with E-state index in [-0.39, 0.29) is 17.3 Å². The Hall–Kier alpha value is -2.38. The van der Waals surface area contributed by atoms with Crippen molar-refractivity contribution in [2.45, 2.75) is 11.8 Å². The molecule has 0 saturated carbocycles. The van der Waals surface area contributed by atoms with Crippen LogP contribution in [0.2, 0.25) is 0 Å². The highest BCUT2D eigenvalue weighted by Crippen LogP contribution is 2.17. The number of piperazine rings is 1. The van der Waals surface area contributed by atoms with Crippen LogP contribution in [0, 0.1) is 6.92 Å². The molecule has 1 N–H and O–H groups in total. The van der Waals surface area contributed by atoms with Crippen LogP contribution in [0.25, 0.3) is 0 Å². The predicted molar refractivity (Wildman–Crippen MR) is 102 cm³/mol. The molecule has 0 unspecified atom stereocenters. The van der Waals surface area contributed by atoms with Gasteiger partial charge in [-0.25, -0.2) is 13.1 Å². The summed E-state index contributed by atoms with van der Waals surface area (Å²) in [5.74, 6) is -0.201. The molecule has 0 radical (unpaired) electrons. The molecule has 2 aromatic carbocycles. The Kier molecular flexibility index (Phi) is 5.58. The van der Waals surface area contributed by atoms with Gasteiger partial charge in [0.25, 0.3) is 0 Å². The van der Waals surface area contributed by atoms with Crippen LogP contribution in [0.4, 0.5) is 5.69 Å². The number of anilines is 1. The molecule has 1 aliphatic heterocycles. The number of carbonyl (C=O) groups is 1. The molecule has 2 aromatic rings. The summed E-state index contributed by atoms with van der Waals surface area (Å²) < 4.78 is 26.8. The van der Waals surface area contributed by atoms with E-state index in [4.69, 9.17) is 0 Å². The molecular formula is C19H23N3O3S. The molecule has 0 bridgehead atoms. The van der Waals surface area contributed by atoms with Gasteiger partial charge in [0.2, 0.25) is 15.9 Å². The number of nitrogens with zero attached hydrogens (tertiary/aromatic N) is 2. The Morgan fingerprint density at radius 3 is 2.35 bits per heavy atom. The summed E-state index contributed by atoms with van der Waals surface area (Å²) in [5, 5.41) is 0. The van der Waals surface area contributed by atoms with E-state index in [0.717, 1.165) is 18.8 Å². The smallest absolute Gasteiger partial charge is 0.241 e. The monoisotopic (exact) mass is 373 g/mol. The summed E-state index contributed by atoms with van der Waals surface area (Å²) in [7, 11) is -3.66. The van der Waals surface area contributed by atoms with Gasteiger partial charge in [-0.3, -0.25) is 4.79 Å². The van der Waals surface area contributed by atoms with E-state index in [1.165, 1.54) is 17.7 Å². The minimum atomic E-state index is -3.66. The fourth-order valence-corrected chi connectivity index (χ4v) is 3.99. The van der Waals surface area contributed by atoms with E-state index < -0.39 is 10.0 Å². The Balaban J connectivity index is 1.53. The first-order chi connectivity index (χ1) is 12.5. The Labute approximate surface area is 154 Å². The number of sulfonamides is 1. The molecule has 3 rings (SSSR count). The maximum atomic E-state index is 12.4. The number of benzene rings is 2. The van der Waals surface area contributed by atoms with Crippen molar-refractivity contribution in [3.05, 3.63) is 60.2 Å². The van der Waals surface area contributed by atoms with E-state index in [1.54, 1.807) is 23.1 Å². The Morgan fingerprint density at radius 2 is 1.69 bits per heavy atom. The lowest BCUT2D eigenvalue weighted by atomic mass is 10.2. The highest BCUT2D eigenvalue weighted by Gasteiger charge is 2.23. The van der Waals surface area contributed by atoms with Crippen LogP contribution in [-0.2, 0) is 14.8 Å². The van der Waals surface area contributed by atoms with Crippen molar-refractivity contribution in [1.82, 2.24) is 9.62 Å². The van der Waals surface area contributed by atoms with Crippen molar-refractivity contribution in [2.24, 2.45) is 0 Å². The average molecular weight is 373 g/mol. The number of rotatable bonds is 5. The average Bonchev–Trinajstić information content (AvgIpc) is 2.67. The Bertz CT molecular complexity index is 861. The molecule has 0 atom stereocenters. The summed E-state index contributed by atoms with van der Waals surface area (Å²) in [4.78, 5) is 16.5. The molecule has 0 aromatic heterocycles. The first-order valence-corrected chi connectivity index (χ1v) is 10.1. The lowest BCUT2D eigenvalue weighted by Crippen LogP contribution is -2.51. The lowest BCUT2D eigenvalue weighted by Gasteiger charge is -2.36. The maximum Gasteiger partial charge on any atom is 0.241 e. The zero-order valence-electron chi connectivity index (χ0n) is 14.8. The second-order valence-corrected chi connectivity index (χ2v) is 8.11. The molecule has 1 aliphatic rings. The molecular weight excluding hydrogens is 350 g/mol. The minimum Gasteiger partial charge on any atom is -0.368 e. The summed E-state index contributed by atoms with van der Waals surface area (Å²) in [6.45, 7) is 4.48. The van der Waals surface area contributed by atoms with Gasteiger partial charge >= 0.3 is 0 Å². The van der Waals surface area contributed by atoms with Crippen molar-refractivity contribution in [1.29, 1.82) is 0 Å². The standard InChI is InChI=1S/C19H23N3O3S/c1-16-6-5-7-17(14-16)21-10-12-22(13-11-21)19(23)15-20-26(24,25)18-8-3-2-4-9-18/h2-9,14,20H,10-13,15H2,1H3. The third-order valence-electron chi connectivity index (χ3n) is 4.47. The number of nitrogens with one attached hydrogen (secondary N) is 1. The van der Waals surface area contributed by atoms with Gasteiger partial charge in [0, 0.05) is 31.9 Å². The van der Waals surface area contributed by atoms with Crippen molar-refractivity contribution < 1.29 is 13.2 Å². The van der Waals surface area contributed by atoms with Gasteiger partial charge < -0.3 is 9.80 Å². The molecule has 1 heterocycles. The van der Waals surface area contributed by atoms with Crippen molar-refractivity contribution in [3.8, 4) is 0 Å². The number of amides is 1. The third-order valence-corrected chi connectivity index (χ3v) is 5.88. The molecule has 6 nitrogen and oxygen atoms in total. The van der Waals surface area contributed by atoms with Gasteiger partial charge in [0.1, 0.15) is 0 Å². The summed E-state index contributed by atoms with van der Waals surface area (Å²) >= 11 is 0. The third kappa shape index (κ3) is 4.42. The van der Waals surface area contributed by atoms with E-state index in [2.05, 4.69) is 34.7 Å². The van der Waals surface area contributed by atoms with Crippen molar-refractivity contribution >= 4 is 21.6 Å². The van der Waals surface area contributed by atoms with Crippen LogP contribution in [0.5, 0.6) is 0 Å². The van der Waals surface area contributed by atoms with Gasteiger partial charge in [0.05, 0.1) is 11.4 Å². The van der Waals surface area contributed by atoms with Gasteiger partial charge in [-0.2, -0.15) is 0 Å². The van der Waals surface area contributed by atoms with Crippen LogP contribution in [-0.4, -0.2) is 51.9 Å². The number of carbonyl (C=O) groups excluding carboxylic acids is 1. The summed E-state index contributed by atoms with van der Waals surface area (Å²) in [6, 6.07) is 16.4. The van der Waals surface area contributed by atoms with Gasteiger partial charge in [0.15, 0.2) is 0 Å². The molecule has 138 valence electrons. The fourth-order valence-electron chi connectivity index (χ4n) is 2.99. The predicted octanol–water partition coefficient (Wildman–Crippen LogP) is 1.62. The minimum absolute atomic E-state index is 0.164. The van der Waals surface area contributed by atoms with Crippen LogP contribution in [0.15, 0.2) is 59.5 Å². The van der Waals surface area contributed by atoms with Gasteiger partial charge in [-0.1, -0.05) is 30.3 Å². The van der Waals surface area contributed by atoms with Crippen LogP contribution in [0.3, 0.4) is 0 Å². The quantitative estimate of drug-likeness (QED) is 0.865. The molecule has 0 spiro atoms. The number of hydrogen-bond donors (Lipinski definition) is 1. The van der Waals surface area contributed by atoms with Gasteiger partial charge in [-0.15, -0.1) is 0 Å². The number of aryl methyl sites for hydroxylation is 1. The van der Waals surface area contributed by atoms with Crippen LogP contribution in [0.1, 0.15) is 5.56 Å². The summed E-state index contributed by atoms with van der Waals surface area (Å²) in [5.41, 5.74) is 2.36. The first-order valence-electron chi connectivity index (χ1n) is 8.60. The fraction of sp³-hybridized carbons (Fsp3) is 0.316. The normalized spacial score (nSPS) is 15.1. The van der Waals surface area contributed by atoms with E-state index >= 15 is 0 Å². The largest absolute Gasteiger partial charge is 0.368 e. The lowest BCUT2D eigenvalue weighted by molar-refractivity contribution is -0.130. The molecule has 26 heavy (non-hydrogen) atoms. The van der Waals surface area contributed by atoms with Gasteiger partial charge in [-0.05, 0) is 36.8 Å². The summed E-state index contributed by atoms with van der Waals surface area (Å²) in [6.07, 6.45) is 0. The molecule has 1 amide bonds. The zero-order valence-corrected chi connectivity index (χ0v) is 15.6. The van der Waals surface area contributed by atoms with E-state index in [0.29, 0.717) is 13.1 Å².